The van der Waals surface area contributed by atoms with Crippen molar-refractivity contribution in [3.05, 3.63) is 17.5 Å². The fourth-order valence-corrected chi connectivity index (χ4v) is 1.50. The van der Waals surface area contributed by atoms with Gasteiger partial charge in [0.1, 0.15) is 0 Å². The van der Waals surface area contributed by atoms with Crippen LogP contribution in [0.5, 0.6) is 0 Å². The Hall–Kier alpha value is -0.830. The van der Waals surface area contributed by atoms with Crippen molar-refractivity contribution in [3.63, 3.8) is 0 Å². The summed E-state index contributed by atoms with van der Waals surface area (Å²) in [6, 6.07) is 2.21. The van der Waals surface area contributed by atoms with Gasteiger partial charge in [-0.1, -0.05) is 27.7 Å². The van der Waals surface area contributed by atoms with Crippen molar-refractivity contribution in [2.45, 2.75) is 46.7 Å². The van der Waals surface area contributed by atoms with E-state index in [4.69, 9.17) is 0 Å². The zero-order valence-corrected chi connectivity index (χ0v) is 9.67. The van der Waals surface area contributed by atoms with Crippen LogP contribution in [0.2, 0.25) is 0 Å². The monoisotopic (exact) mass is 195 g/mol. The fraction of sp³-hybridized carbons (Fsp3) is 0.727. The lowest BCUT2D eigenvalue weighted by atomic mass is 10.1. The van der Waals surface area contributed by atoms with E-state index in [1.165, 1.54) is 11.4 Å². The van der Waals surface area contributed by atoms with Crippen LogP contribution in [0.15, 0.2) is 6.07 Å². The topological polar surface area (TPSA) is 29.9 Å². The third-order valence-corrected chi connectivity index (χ3v) is 2.28. The van der Waals surface area contributed by atoms with Gasteiger partial charge in [-0.2, -0.15) is 5.10 Å². The molecule has 0 amide bonds. The minimum atomic E-state index is 0.545. The van der Waals surface area contributed by atoms with Gasteiger partial charge in [-0.15, -0.1) is 0 Å². The lowest BCUT2D eigenvalue weighted by molar-refractivity contribution is 0.472. The molecule has 0 spiro atoms. The van der Waals surface area contributed by atoms with Crippen LogP contribution in [-0.4, -0.2) is 16.3 Å². The maximum Gasteiger partial charge on any atom is 0.0653 e. The first-order valence-electron chi connectivity index (χ1n) is 5.54. The van der Waals surface area contributed by atoms with Gasteiger partial charge in [0.15, 0.2) is 0 Å². The summed E-state index contributed by atoms with van der Waals surface area (Å²) in [6.45, 7) is 11.4. The van der Waals surface area contributed by atoms with Crippen molar-refractivity contribution >= 4 is 0 Å². The third kappa shape index (κ3) is 2.35. The standard InChI is InChI=1S/C9H15N3.C2H6/c1-7(2)9-5-8-6-10-3-4-12(8)11-9;1-2/h5,7,10H,3-4,6H2,1-2H3;1-2H3. The number of nitrogens with one attached hydrogen (secondary N) is 1. The predicted octanol–water partition coefficient (Wildman–Crippen LogP) is 2.14. The molecule has 3 nitrogen and oxygen atoms in total. The van der Waals surface area contributed by atoms with Crippen LogP contribution in [-0.2, 0) is 13.1 Å². The normalized spacial score (nSPS) is 14.6. The summed E-state index contributed by atoms with van der Waals surface area (Å²) in [4.78, 5) is 0. The second kappa shape index (κ2) is 5.15. The second-order valence-electron chi connectivity index (χ2n) is 3.62. The molecule has 1 aliphatic heterocycles. The quantitative estimate of drug-likeness (QED) is 0.744. The van der Waals surface area contributed by atoms with Crippen LogP contribution >= 0.6 is 0 Å². The molecule has 0 saturated carbocycles. The first-order chi connectivity index (χ1) is 6.77. The smallest absolute Gasteiger partial charge is 0.0653 e. The lowest BCUT2D eigenvalue weighted by Gasteiger charge is -2.13. The average molecular weight is 195 g/mol. The zero-order valence-electron chi connectivity index (χ0n) is 9.67. The van der Waals surface area contributed by atoms with Gasteiger partial charge in [0.25, 0.3) is 0 Å². The lowest BCUT2D eigenvalue weighted by Crippen LogP contribution is -2.28. The molecule has 1 aromatic heterocycles. The number of hydrogen-bond acceptors (Lipinski definition) is 2. The number of hydrogen-bond donors (Lipinski definition) is 1. The van der Waals surface area contributed by atoms with Gasteiger partial charge in [-0.25, -0.2) is 0 Å². The van der Waals surface area contributed by atoms with Crippen LogP contribution in [0.1, 0.15) is 45.0 Å². The van der Waals surface area contributed by atoms with Crippen molar-refractivity contribution in [1.29, 1.82) is 0 Å². The van der Waals surface area contributed by atoms with E-state index >= 15 is 0 Å². The van der Waals surface area contributed by atoms with Crippen molar-refractivity contribution in [2.24, 2.45) is 0 Å². The SMILES string of the molecule is CC.CC(C)c1cc2n(n1)CCNC2. The molecule has 2 heterocycles. The van der Waals surface area contributed by atoms with Gasteiger partial charge in [-0.3, -0.25) is 4.68 Å². The number of nitrogens with zero attached hydrogens (tertiary/aromatic N) is 2. The van der Waals surface area contributed by atoms with Crippen molar-refractivity contribution in [1.82, 2.24) is 15.1 Å². The van der Waals surface area contributed by atoms with Crippen LogP contribution < -0.4 is 5.32 Å². The Morgan fingerprint density at radius 2 is 2.14 bits per heavy atom. The summed E-state index contributed by atoms with van der Waals surface area (Å²) in [6.07, 6.45) is 0. The van der Waals surface area contributed by atoms with Gasteiger partial charge >= 0.3 is 0 Å². The Balaban J connectivity index is 0.000000461. The van der Waals surface area contributed by atoms with E-state index in [1.807, 2.05) is 13.8 Å². The average Bonchev–Trinajstić information content (AvgIpc) is 2.64. The maximum atomic E-state index is 4.53. The Morgan fingerprint density at radius 3 is 2.71 bits per heavy atom. The summed E-state index contributed by atoms with van der Waals surface area (Å²) in [5.74, 6) is 0.545. The van der Waals surface area contributed by atoms with Gasteiger partial charge < -0.3 is 5.32 Å². The van der Waals surface area contributed by atoms with Crippen molar-refractivity contribution < 1.29 is 0 Å². The van der Waals surface area contributed by atoms with Crippen LogP contribution in [0, 0.1) is 0 Å². The highest BCUT2D eigenvalue weighted by atomic mass is 15.3. The summed E-state index contributed by atoms with van der Waals surface area (Å²) >= 11 is 0. The Labute approximate surface area is 86.5 Å². The number of fused-ring (bicyclic) bond motifs is 1. The minimum Gasteiger partial charge on any atom is -0.309 e. The van der Waals surface area contributed by atoms with E-state index in [-0.39, 0.29) is 0 Å². The van der Waals surface area contributed by atoms with Gasteiger partial charge in [0.05, 0.1) is 17.9 Å². The first kappa shape index (κ1) is 11.2. The summed E-state index contributed by atoms with van der Waals surface area (Å²) in [5, 5.41) is 7.86. The molecule has 0 aliphatic carbocycles. The van der Waals surface area contributed by atoms with E-state index in [1.54, 1.807) is 0 Å². The molecule has 0 bridgehead atoms. The van der Waals surface area contributed by atoms with Crippen LogP contribution in [0.4, 0.5) is 0 Å². The summed E-state index contributed by atoms with van der Waals surface area (Å²) in [5.41, 5.74) is 2.54. The molecule has 0 fully saturated rings. The maximum absolute atomic E-state index is 4.53. The molecule has 3 heteroatoms. The second-order valence-corrected chi connectivity index (χ2v) is 3.62. The predicted molar refractivity (Wildman–Crippen MR) is 59.4 cm³/mol. The third-order valence-electron chi connectivity index (χ3n) is 2.28. The van der Waals surface area contributed by atoms with Gasteiger partial charge in [0.2, 0.25) is 0 Å². The van der Waals surface area contributed by atoms with E-state index in [9.17, 15) is 0 Å². The van der Waals surface area contributed by atoms with E-state index in [0.29, 0.717) is 5.92 Å². The molecule has 0 unspecified atom stereocenters. The Kier molecular flexibility index (Phi) is 4.14. The number of aromatic nitrogens is 2. The van der Waals surface area contributed by atoms with Crippen molar-refractivity contribution in [3.8, 4) is 0 Å². The molecule has 1 aliphatic rings. The van der Waals surface area contributed by atoms with E-state index < -0.39 is 0 Å². The molecule has 14 heavy (non-hydrogen) atoms. The molecule has 0 radical (unpaired) electrons. The van der Waals surface area contributed by atoms with E-state index in [2.05, 4.69) is 35.0 Å². The number of rotatable bonds is 1. The zero-order chi connectivity index (χ0) is 10.6. The molecular weight excluding hydrogens is 174 g/mol. The van der Waals surface area contributed by atoms with Gasteiger partial charge in [0, 0.05) is 13.1 Å². The highest BCUT2D eigenvalue weighted by Gasteiger charge is 2.12. The molecular formula is C11H21N3. The Bertz CT molecular complexity index is 253. The molecule has 2 rings (SSSR count). The van der Waals surface area contributed by atoms with Crippen LogP contribution in [0.3, 0.4) is 0 Å². The molecule has 0 aromatic carbocycles. The molecule has 1 aromatic rings. The molecule has 0 atom stereocenters. The Morgan fingerprint density at radius 1 is 1.43 bits per heavy atom. The first-order valence-corrected chi connectivity index (χ1v) is 5.54. The van der Waals surface area contributed by atoms with E-state index in [0.717, 1.165) is 19.6 Å². The molecule has 0 saturated heterocycles. The summed E-state index contributed by atoms with van der Waals surface area (Å²) in [7, 11) is 0. The molecule has 1 N–H and O–H groups in total. The summed E-state index contributed by atoms with van der Waals surface area (Å²) < 4.78 is 2.12. The highest BCUT2D eigenvalue weighted by Crippen LogP contribution is 2.15. The van der Waals surface area contributed by atoms with Crippen LogP contribution in [0.25, 0.3) is 0 Å². The van der Waals surface area contributed by atoms with Crippen molar-refractivity contribution in [2.75, 3.05) is 6.54 Å². The van der Waals surface area contributed by atoms with Gasteiger partial charge in [-0.05, 0) is 12.0 Å². The molecule has 80 valence electrons. The minimum absolute atomic E-state index is 0.545. The fourth-order valence-electron chi connectivity index (χ4n) is 1.50. The largest absolute Gasteiger partial charge is 0.309 e. The highest BCUT2D eigenvalue weighted by molar-refractivity contribution is 5.14.